The summed E-state index contributed by atoms with van der Waals surface area (Å²) in [4.78, 5) is 30.3. The molecule has 116 valence electrons. The van der Waals surface area contributed by atoms with Crippen molar-refractivity contribution in [3.05, 3.63) is 12.2 Å². The van der Waals surface area contributed by atoms with Gasteiger partial charge in [0.1, 0.15) is 18.2 Å². The van der Waals surface area contributed by atoms with Crippen molar-refractivity contribution in [2.45, 2.75) is 52.7 Å². The highest BCUT2D eigenvalue weighted by Crippen LogP contribution is 2.14. The number of nitrogens with zero attached hydrogens (tertiary/aromatic N) is 4. The van der Waals surface area contributed by atoms with Crippen molar-refractivity contribution in [1.29, 1.82) is 0 Å². The minimum Gasteiger partial charge on any atom is -0.344 e. The number of carbonyl (C=O) groups is 2. The van der Waals surface area contributed by atoms with Gasteiger partial charge in [0.05, 0.1) is 6.54 Å². The SMILES string of the molecule is CC(C)C1NC(=O)CCN(Cc2ncnn2C(C)C)C1=O. The summed E-state index contributed by atoms with van der Waals surface area (Å²) in [7, 11) is 0. The molecule has 2 heterocycles. The number of carbonyl (C=O) groups excluding carboxylic acids is 2. The lowest BCUT2D eigenvalue weighted by molar-refractivity contribution is -0.135. The maximum absolute atomic E-state index is 12.6. The molecule has 2 amide bonds. The van der Waals surface area contributed by atoms with Crippen LogP contribution in [0.15, 0.2) is 6.33 Å². The van der Waals surface area contributed by atoms with E-state index in [9.17, 15) is 9.59 Å². The van der Waals surface area contributed by atoms with Gasteiger partial charge in [-0.05, 0) is 19.8 Å². The molecule has 1 aliphatic heterocycles. The normalized spacial score (nSPS) is 20.1. The number of nitrogens with one attached hydrogen (secondary N) is 1. The topological polar surface area (TPSA) is 80.1 Å². The summed E-state index contributed by atoms with van der Waals surface area (Å²) in [6, 6.07) is -0.277. The first-order chi connectivity index (χ1) is 9.90. The minimum absolute atomic E-state index is 0.0471. The second kappa shape index (κ2) is 6.24. The van der Waals surface area contributed by atoms with E-state index in [2.05, 4.69) is 15.4 Å². The highest BCUT2D eigenvalue weighted by atomic mass is 16.2. The van der Waals surface area contributed by atoms with E-state index in [-0.39, 0.29) is 23.8 Å². The molecular formula is C14H23N5O2. The summed E-state index contributed by atoms with van der Waals surface area (Å²) in [6.07, 6.45) is 1.83. The van der Waals surface area contributed by atoms with Gasteiger partial charge in [0.2, 0.25) is 11.8 Å². The molecule has 1 aromatic heterocycles. The molecule has 1 saturated heterocycles. The molecule has 1 aromatic rings. The van der Waals surface area contributed by atoms with Gasteiger partial charge >= 0.3 is 0 Å². The molecule has 7 nitrogen and oxygen atoms in total. The van der Waals surface area contributed by atoms with Crippen LogP contribution in [0.1, 0.15) is 46.0 Å². The van der Waals surface area contributed by atoms with Crippen molar-refractivity contribution in [3.8, 4) is 0 Å². The molecule has 1 unspecified atom stereocenters. The van der Waals surface area contributed by atoms with E-state index in [1.807, 2.05) is 27.7 Å². The lowest BCUT2D eigenvalue weighted by atomic mass is 10.0. The zero-order chi connectivity index (χ0) is 15.6. The van der Waals surface area contributed by atoms with Crippen LogP contribution < -0.4 is 5.32 Å². The Hall–Kier alpha value is -1.92. The largest absolute Gasteiger partial charge is 0.344 e. The van der Waals surface area contributed by atoms with E-state index in [0.29, 0.717) is 19.5 Å². The van der Waals surface area contributed by atoms with Crippen LogP contribution in [0, 0.1) is 5.92 Å². The molecule has 7 heteroatoms. The summed E-state index contributed by atoms with van der Waals surface area (Å²) in [6.45, 7) is 8.70. The maximum atomic E-state index is 12.6. The number of amides is 2. The molecule has 1 N–H and O–H groups in total. The first-order valence-electron chi connectivity index (χ1n) is 7.36. The van der Waals surface area contributed by atoms with Gasteiger partial charge in [0, 0.05) is 19.0 Å². The maximum Gasteiger partial charge on any atom is 0.245 e. The molecule has 2 rings (SSSR count). The monoisotopic (exact) mass is 293 g/mol. The van der Waals surface area contributed by atoms with E-state index in [1.54, 1.807) is 9.58 Å². The zero-order valence-electron chi connectivity index (χ0n) is 13.0. The summed E-state index contributed by atoms with van der Waals surface area (Å²) in [5.41, 5.74) is 0. The average molecular weight is 293 g/mol. The fourth-order valence-electron chi connectivity index (χ4n) is 2.45. The lowest BCUT2D eigenvalue weighted by Gasteiger charge is -2.26. The smallest absolute Gasteiger partial charge is 0.245 e. The third kappa shape index (κ3) is 3.40. The molecule has 0 saturated carbocycles. The van der Waals surface area contributed by atoms with E-state index < -0.39 is 6.04 Å². The Labute approximate surface area is 124 Å². The fraction of sp³-hybridized carbons (Fsp3) is 0.714. The first-order valence-corrected chi connectivity index (χ1v) is 7.36. The Bertz CT molecular complexity index is 523. The third-order valence-corrected chi connectivity index (χ3v) is 3.64. The summed E-state index contributed by atoms with van der Waals surface area (Å²) in [5.74, 6) is 0.684. The van der Waals surface area contributed by atoms with Gasteiger partial charge in [-0.3, -0.25) is 9.59 Å². The van der Waals surface area contributed by atoms with Gasteiger partial charge in [-0.25, -0.2) is 9.67 Å². The summed E-state index contributed by atoms with van der Waals surface area (Å²) >= 11 is 0. The van der Waals surface area contributed by atoms with Crippen molar-refractivity contribution in [2.24, 2.45) is 5.92 Å². The fourth-order valence-corrected chi connectivity index (χ4v) is 2.45. The zero-order valence-corrected chi connectivity index (χ0v) is 13.0. The summed E-state index contributed by atoms with van der Waals surface area (Å²) < 4.78 is 1.80. The van der Waals surface area contributed by atoms with Crippen LogP contribution in [0.2, 0.25) is 0 Å². The van der Waals surface area contributed by atoms with Gasteiger partial charge in [-0.2, -0.15) is 5.10 Å². The van der Waals surface area contributed by atoms with E-state index in [1.165, 1.54) is 6.33 Å². The van der Waals surface area contributed by atoms with Crippen LogP contribution in [0.3, 0.4) is 0 Å². The highest BCUT2D eigenvalue weighted by molar-refractivity contribution is 5.90. The van der Waals surface area contributed by atoms with E-state index in [0.717, 1.165) is 5.82 Å². The van der Waals surface area contributed by atoms with Crippen LogP contribution >= 0.6 is 0 Å². The molecule has 1 atom stereocenters. The number of aromatic nitrogens is 3. The van der Waals surface area contributed by atoms with Crippen LogP contribution in [-0.2, 0) is 16.1 Å². The van der Waals surface area contributed by atoms with Crippen molar-refractivity contribution < 1.29 is 9.59 Å². The highest BCUT2D eigenvalue weighted by Gasteiger charge is 2.32. The van der Waals surface area contributed by atoms with E-state index >= 15 is 0 Å². The minimum atomic E-state index is -0.463. The van der Waals surface area contributed by atoms with Gasteiger partial charge in [0.15, 0.2) is 0 Å². The van der Waals surface area contributed by atoms with Crippen molar-refractivity contribution in [2.75, 3.05) is 6.54 Å². The van der Waals surface area contributed by atoms with Crippen LogP contribution in [0.4, 0.5) is 0 Å². The molecule has 0 bridgehead atoms. The number of hydrogen-bond acceptors (Lipinski definition) is 4. The summed E-state index contributed by atoms with van der Waals surface area (Å²) in [5, 5.41) is 6.99. The van der Waals surface area contributed by atoms with Crippen molar-refractivity contribution in [3.63, 3.8) is 0 Å². The Morgan fingerprint density at radius 2 is 2.05 bits per heavy atom. The molecule has 0 spiro atoms. The quantitative estimate of drug-likeness (QED) is 0.887. The van der Waals surface area contributed by atoms with Gasteiger partial charge < -0.3 is 10.2 Å². The van der Waals surface area contributed by atoms with Crippen LogP contribution in [-0.4, -0.2) is 44.1 Å². The third-order valence-electron chi connectivity index (χ3n) is 3.64. The van der Waals surface area contributed by atoms with Crippen molar-refractivity contribution in [1.82, 2.24) is 25.0 Å². The second-order valence-corrected chi connectivity index (χ2v) is 6.01. The van der Waals surface area contributed by atoms with Gasteiger partial charge in [-0.1, -0.05) is 13.8 Å². The lowest BCUT2D eigenvalue weighted by Crippen LogP contribution is -2.47. The Balaban J connectivity index is 2.19. The average Bonchev–Trinajstić information content (AvgIpc) is 2.82. The predicted molar refractivity (Wildman–Crippen MR) is 77.2 cm³/mol. The predicted octanol–water partition coefficient (Wildman–Crippen LogP) is 0.732. The molecule has 0 radical (unpaired) electrons. The van der Waals surface area contributed by atoms with Crippen LogP contribution in [0.5, 0.6) is 0 Å². The first kappa shape index (κ1) is 15.5. The van der Waals surface area contributed by atoms with Crippen LogP contribution in [0.25, 0.3) is 0 Å². The molecule has 1 aliphatic rings. The molecular weight excluding hydrogens is 270 g/mol. The standard InChI is InChI=1S/C14H23N5O2/c1-9(2)13-14(21)18(6-5-12(20)17-13)7-11-15-8-16-19(11)10(3)4/h8-10,13H,5-7H2,1-4H3,(H,17,20). The second-order valence-electron chi connectivity index (χ2n) is 6.01. The number of rotatable bonds is 4. The molecule has 21 heavy (non-hydrogen) atoms. The molecule has 1 fully saturated rings. The molecule has 0 aliphatic carbocycles. The Kier molecular flexibility index (Phi) is 4.59. The van der Waals surface area contributed by atoms with E-state index in [4.69, 9.17) is 0 Å². The van der Waals surface area contributed by atoms with Gasteiger partial charge in [-0.15, -0.1) is 0 Å². The van der Waals surface area contributed by atoms with Gasteiger partial charge in [0.25, 0.3) is 0 Å². The Morgan fingerprint density at radius 3 is 2.67 bits per heavy atom. The molecule has 0 aromatic carbocycles. The van der Waals surface area contributed by atoms with Crippen molar-refractivity contribution >= 4 is 11.8 Å². The Morgan fingerprint density at radius 1 is 1.33 bits per heavy atom. The number of hydrogen-bond donors (Lipinski definition) is 1.